The minimum Gasteiger partial charge on any atom is -0.490 e. The van der Waals surface area contributed by atoms with Crippen molar-refractivity contribution in [1.29, 1.82) is 0 Å². The van der Waals surface area contributed by atoms with Crippen molar-refractivity contribution in [2.75, 3.05) is 19.3 Å². The van der Waals surface area contributed by atoms with E-state index in [4.69, 9.17) is 10.5 Å². The minimum atomic E-state index is -3.62. The van der Waals surface area contributed by atoms with Crippen molar-refractivity contribution in [2.24, 2.45) is 0 Å². The van der Waals surface area contributed by atoms with E-state index in [1.807, 2.05) is 38.1 Å². The van der Waals surface area contributed by atoms with Gasteiger partial charge >= 0.3 is 0 Å². The maximum absolute atomic E-state index is 13.1. The molecule has 9 heteroatoms. The van der Waals surface area contributed by atoms with E-state index < -0.39 is 10.0 Å². The number of hydrogen-bond donors (Lipinski definition) is 2. The summed E-state index contributed by atoms with van der Waals surface area (Å²) in [5.74, 6) is 0.769. The van der Waals surface area contributed by atoms with Gasteiger partial charge in [-0.1, -0.05) is 12.1 Å². The summed E-state index contributed by atoms with van der Waals surface area (Å²) in [5, 5.41) is 2.86. The van der Waals surface area contributed by atoms with Crippen molar-refractivity contribution in [3.8, 4) is 28.0 Å². The monoisotopic (exact) mass is 506 g/mol. The summed E-state index contributed by atoms with van der Waals surface area (Å²) in [6.45, 7) is 4.40. The smallest absolute Gasteiger partial charge is 0.251 e. The molecule has 2 heterocycles. The lowest BCUT2D eigenvalue weighted by Gasteiger charge is -2.20. The molecule has 0 radical (unpaired) electrons. The Labute approximate surface area is 211 Å². The third-order valence-corrected chi connectivity index (χ3v) is 8.53. The topological polar surface area (TPSA) is 115 Å². The van der Waals surface area contributed by atoms with Crippen molar-refractivity contribution in [3.63, 3.8) is 0 Å². The first-order valence-electron chi connectivity index (χ1n) is 12.1. The maximum atomic E-state index is 13.1. The van der Waals surface area contributed by atoms with E-state index in [0.29, 0.717) is 23.7 Å². The van der Waals surface area contributed by atoms with Crippen LogP contribution in [0.25, 0.3) is 22.3 Å². The lowest BCUT2D eigenvalue weighted by atomic mass is 9.94. The first kappa shape index (κ1) is 24.3. The van der Waals surface area contributed by atoms with Crippen LogP contribution < -0.4 is 15.8 Å². The number of aromatic nitrogens is 1. The number of nitrogens with one attached hydrogen (secondary N) is 1. The maximum Gasteiger partial charge on any atom is 0.251 e. The van der Waals surface area contributed by atoms with E-state index in [-0.39, 0.29) is 22.9 Å². The molecule has 5 rings (SSSR count). The van der Waals surface area contributed by atoms with Gasteiger partial charge in [-0.25, -0.2) is 13.4 Å². The van der Waals surface area contributed by atoms with Crippen molar-refractivity contribution >= 4 is 21.7 Å². The van der Waals surface area contributed by atoms with Crippen molar-refractivity contribution in [1.82, 2.24) is 14.6 Å². The van der Waals surface area contributed by atoms with Crippen LogP contribution in [-0.4, -0.2) is 49.4 Å². The molecule has 188 valence electrons. The molecule has 1 fully saturated rings. The second kappa shape index (κ2) is 9.22. The van der Waals surface area contributed by atoms with Crippen LogP contribution in [0.2, 0.25) is 0 Å². The number of anilines is 1. The molecule has 36 heavy (non-hydrogen) atoms. The van der Waals surface area contributed by atoms with Gasteiger partial charge in [0.2, 0.25) is 10.0 Å². The van der Waals surface area contributed by atoms with Gasteiger partial charge < -0.3 is 15.8 Å². The Morgan fingerprint density at radius 3 is 2.53 bits per heavy atom. The SMILES string of the molecule is CC(C)Oc1cc(S(=O)(=O)N(C)C2CC2)ccc1-c1cnc(N)c(-c2ccc3c(c2)CCNC3=O)c1. The number of carbonyl (C=O) groups excluding carboxylic acids is 1. The average molecular weight is 507 g/mol. The number of fused-ring (bicyclic) bond motifs is 1. The molecule has 0 unspecified atom stereocenters. The highest BCUT2D eigenvalue weighted by Crippen LogP contribution is 2.38. The predicted molar refractivity (Wildman–Crippen MR) is 139 cm³/mol. The third-order valence-electron chi connectivity index (χ3n) is 6.62. The van der Waals surface area contributed by atoms with E-state index in [0.717, 1.165) is 47.1 Å². The number of nitrogens with two attached hydrogens (primary N) is 1. The van der Waals surface area contributed by atoms with E-state index in [2.05, 4.69) is 10.3 Å². The molecule has 0 bridgehead atoms. The van der Waals surface area contributed by atoms with Crippen LogP contribution in [0.1, 0.15) is 42.6 Å². The lowest BCUT2D eigenvalue weighted by Crippen LogP contribution is -2.31. The molecule has 8 nitrogen and oxygen atoms in total. The summed E-state index contributed by atoms with van der Waals surface area (Å²) in [5.41, 5.74) is 11.0. The Balaban J connectivity index is 1.57. The second-order valence-electron chi connectivity index (χ2n) is 9.61. The normalized spacial score (nSPS) is 15.6. The fourth-order valence-corrected chi connectivity index (χ4v) is 5.93. The van der Waals surface area contributed by atoms with Gasteiger partial charge in [0.15, 0.2) is 0 Å². The van der Waals surface area contributed by atoms with Gasteiger partial charge in [0.05, 0.1) is 11.0 Å². The number of rotatable bonds is 7. The van der Waals surface area contributed by atoms with Crippen LogP contribution in [0.15, 0.2) is 53.6 Å². The Kier molecular flexibility index (Phi) is 6.22. The standard InChI is InChI=1S/C27H30N4O4S/c1-16(2)35-25-14-21(36(33,34)31(3)20-5-6-20)7-9-22(25)19-13-24(26(28)30-15-19)17-4-8-23-18(12-17)10-11-29-27(23)32/h4,7-9,12-16,20H,5-6,10-11H2,1-3H3,(H2,28,30)(H,29,32). The van der Waals surface area contributed by atoms with E-state index in [1.54, 1.807) is 31.4 Å². The third kappa shape index (κ3) is 4.56. The number of sulfonamides is 1. The largest absolute Gasteiger partial charge is 0.490 e. The Morgan fingerprint density at radius 2 is 1.81 bits per heavy atom. The van der Waals surface area contributed by atoms with E-state index in [9.17, 15) is 13.2 Å². The van der Waals surface area contributed by atoms with Crippen molar-refractivity contribution in [2.45, 2.75) is 50.2 Å². The molecule has 1 aromatic heterocycles. The first-order valence-corrected chi connectivity index (χ1v) is 13.6. The summed E-state index contributed by atoms with van der Waals surface area (Å²) in [6, 6.07) is 12.6. The van der Waals surface area contributed by atoms with Crippen LogP contribution in [0.4, 0.5) is 5.82 Å². The first-order chi connectivity index (χ1) is 17.1. The van der Waals surface area contributed by atoms with Crippen LogP contribution in [0.3, 0.4) is 0 Å². The molecular formula is C27H30N4O4S. The Bertz CT molecular complexity index is 1450. The van der Waals surface area contributed by atoms with Crippen LogP contribution in [0, 0.1) is 0 Å². The minimum absolute atomic E-state index is 0.0655. The van der Waals surface area contributed by atoms with Gasteiger partial charge in [0.25, 0.3) is 5.91 Å². The molecule has 1 aliphatic carbocycles. The summed E-state index contributed by atoms with van der Waals surface area (Å²) in [6.07, 6.45) is 4.03. The van der Waals surface area contributed by atoms with E-state index >= 15 is 0 Å². The van der Waals surface area contributed by atoms with Crippen LogP contribution in [-0.2, 0) is 16.4 Å². The summed E-state index contributed by atoms with van der Waals surface area (Å²) >= 11 is 0. The molecule has 3 N–H and O–H groups in total. The molecule has 1 amide bonds. The zero-order valence-electron chi connectivity index (χ0n) is 20.6. The Hall–Kier alpha value is -3.43. The van der Waals surface area contributed by atoms with Gasteiger partial charge in [-0.3, -0.25) is 4.79 Å². The van der Waals surface area contributed by atoms with Gasteiger partial charge in [0.1, 0.15) is 11.6 Å². The number of nitrogens with zero attached hydrogens (tertiary/aromatic N) is 2. The predicted octanol–water partition coefficient (Wildman–Crippen LogP) is 3.85. The molecule has 1 saturated carbocycles. The van der Waals surface area contributed by atoms with Crippen LogP contribution in [0.5, 0.6) is 5.75 Å². The highest BCUT2D eigenvalue weighted by atomic mass is 32.2. The highest BCUT2D eigenvalue weighted by Gasteiger charge is 2.35. The summed E-state index contributed by atoms with van der Waals surface area (Å²) in [4.78, 5) is 16.8. The molecule has 1 aliphatic heterocycles. The lowest BCUT2D eigenvalue weighted by molar-refractivity contribution is 0.0946. The molecule has 0 spiro atoms. The fourth-order valence-electron chi connectivity index (χ4n) is 4.50. The summed E-state index contributed by atoms with van der Waals surface area (Å²) < 4.78 is 33.8. The number of amides is 1. The molecule has 2 aliphatic rings. The van der Waals surface area contributed by atoms with Gasteiger partial charge in [0, 0.05) is 54.2 Å². The molecular weight excluding hydrogens is 476 g/mol. The Morgan fingerprint density at radius 1 is 1.06 bits per heavy atom. The average Bonchev–Trinajstić information content (AvgIpc) is 3.69. The van der Waals surface area contributed by atoms with E-state index in [1.165, 1.54) is 4.31 Å². The van der Waals surface area contributed by atoms with Gasteiger partial charge in [-0.15, -0.1) is 0 Å². The van der Waals surface area contributed by atoms with Gasteiger partial charge in [-0.2, -0.15) is 4.31 Å². The number of ether oxygens (including phenoxy) is 1. The molecule has 3 aromatic rings. The number of nitrogen functional groups attached to an aromatic ring is 1. The second-order valence-corrected chi connectivity index (χ2v) is 11.6. The zero-order valence-corrected chi connectivity index (χ0v) is 21.4. The van der Waals surface area contributed by atoms with Crippen LogP contribution >= 0.6 is 0 Å². The van der Waals surface area contributed by atoms with Crippen molar-refractivity contribution < 1.29 is 17.9 Å². The molecule has 2 aromatic carbocycles. The number of benzene rings is 2. The number of hydrogen-bond acceptors (Lipinski definition) is 6. The number of carbonyl (C=O) groups is 1. The van der Waals surface area contributed by atoms with Gasteiger partial charge in [-0.05, 0) is 68.5 Å². The molecule has 0 atom stereocenters. The fraction of sp³-hybridized carbons (Fsp3) is 0.333. The molecule has 0 saturated heterocycles. The van der Waals surface area contributed by atoms with Crippen molar-refractivity contribution in [3.05, 3.63) is 59.8 Å². The summed E-state index contributed by atoms with van der Waals surface area (Å²) in [7, 11) is -1.99. The highest BCUT2D eigenvalue weighted by molar-refractivity contribution is 7.89. The quantitative estimate of drug-likeness (QED) is 0.503. The number of pyridine rings is 1. The zero-order chi connectivity index (χ0) is 25.6.